The van der Waals surface area contributed by atoms with Gasteiger partial charge in [0.25, 0.3) is 11.6 Å². The van der Waals surface area contributed by atoms with E-state index in [2.05, 4.69) is 15.6 Å². The summed E-state index contributed by atoms with van der Waals surface area (Å²) in [5, 5.41) is 22.2. The Kier molecular flexibility index (Phi) is 4.51. The highest BCUT2D eigenvalue weighted by molar-refractivity contribution is 5.94. The summed E-state index contributed by atoms with van der Waals surface area (Å²) < 4.78 is 1.59. The summed E-state index contributed by atoms with van der Waals surface area (Å²) in [4.78, 5) is 23.2. The lowest BCUT2D eigenvalue weighted by atomic mass is 10.1. The van der Waals surface area contributed by atoms with Gasteiger partial charge in [-0.25, -0.2) is 4.68 Å². The molecule has 0 radical (unpaired) electrons. The van der Waals surface area contributed by atoms with Crippen LogP contribution in [0.25, 0.3) is 11.0 Å². The van der Waals surface area contributed by atoms with Crippen LogP contribution in [0.4, 0.5) is 5.69 Å². The maximum Gasteiger partial charge on any atom is 0.269 e. The Morgan fingerprint density at radius 3 is 2.36 bits per heavy atom. The first-order valence-electron chi connectivity index (χ1n) is 8.54. The molecule has 8 heteroatoms. The minimum atomic E-state index is -0.680. The van der Waals surface area contributed by atoms with Crippen LogP contribution < -0.4 is 5.32 Å². The topological polar surface area (TPSA) is 103 Å². The third-order valence-corrected chi connectivity index (χ3v) is 4.35. The Morgan fingerprint density at radius 2 is 1.64 bits per heavy atom. The van der Waals surface area contributed by atoms with E-state index in [1.165, 1.54) is 12.1 Å². The fourth-order valence-corrected chi connectivity index (χ4v) is 2.94. The molecule has 4 aromatic rings. The summed E-state index contributed by atoms with van der Waals surface area (Å²) in [7, 11) is 0. The van der Waals surface area contributed by atoms with Crippen LogP contribution in [-0.4, -0.2) is 25.8 Å². The summed E-state index contributed by atoms with van der Waals surface area (Å²) >= 11 is 0. The summed E-state index contributed by atoms with van der Waals surface area (Å²) in [5.74, 6) is -0.288. The number of rotatable bonds is 5. The summed E-state index contributed by atoms with van der Waals surface area (Å²) in [5.41, 5.74) is 2.53. The van der Waals surface area contributed by atoms with Crippen molar-refractivity contribution in [3.05, 3.63) is 100 Å². The van der Waals surface area contributed by atoms with Gasteiger partial charge in [0.2, 0.25) is 0 Å². The standard InChI is InChI=1S/C20H15N5O3/c26-20(15-6-2-1-3-7-15)21-19(14-10-12-16(13-11-14)25(27)28)24-18-9-5-4-8-17(18)22-23-24/h1-13,19H,(H,21,26). The average Bonchev–Trinajstić information content (AvgIpc) is 3.16. The lowest BCUT2D eigenvalue weighted by Gasteiger charge is -2.20. The third kappa shape index (κ3) is 3.30. The van der Waals surface area contributed by atoms with E-state index in [1.807, 2.05) is 30.3 Å². The van der Waals surface area contributed by atoms with Crippen LogP contribution in [0.15, 0.2) is 78.9 Å². The smallest absolute Gasteiger partial charge is 0.269 e. The van der Waals surface area contributed by atoms with Crippen LogP contribution in [0.2, 0.25) is 0 Å². The normalized spacial score (nSPS) is 11.9. The molecule has 0 saturated heterocycles. The first kappa shape index (κ1) is 17.3. The number of carbonyl (C=O) groups excluding carboxylic acids is 1. The van der Waals surface area contributed by atoms with E-state index < -0.39 is 11.1 Å². The van der Waals surface area contributed by atoms with E-state index in [4.69, 9.17) is 0 Å². The van der Waals surface area contributed by atoms with E-state index >= 15 is 0 Å². The van der Waals surface area contributed by atoms with Gasteiger partial charge < -0.3 is 5.32 Å². The van der Waals surface area contributed by atoms with E-state index in [-0.39, 0.29) is 11.6 Å². The third-order valence-electron chi connectivity index (χ3n) is 4.35. The van der Waals surface area contributed by atoms with Crippen LogP contribution in [0, 0.1) is 10.1 Å². The number of hydrogen-bond donors (Lipinski definition) is 1. The number of aromatic nitrogens is 3. The minimum absolute atomic E-state index is 0.0275. The molecule has 0 bridgehead atoms. The second-order valence-corrected chi connectivity index (χ2v) is 6.11. The lowest BCUT2D eigenvalue weighted by Crippen LogP contribution is -2.33. The zero-order valence-electron chi connectivity index (χ0n) is 14.6. The molecule has 0 aliphatic carbocycles. The van der Waals surface area contributed by atoms with Crippen LogP contribution in [-0.2, 0) is 0 Å². The van der Waals surface area contributed by atoms with Crippen molar-refractivity contribution >= 4 is 22.6 Å². The van der Waals surface area contributed by atoms with Crippen molar-refractivity contribution in [1.82, 2.24) is 20.3 Å². The van der Waals surface area contributed by atoms with Gasteiger partial charge in [0.05, 0.1) is 10.4 Å². The fourth-order valence-electron chi connectivity index (χ4n) is 2.94. The molecule has 1 atom stereocenters. The van der Waals surface area contributed by atoms with Crippen molar-refractivity contribution in [2.24, 2.45) is 0 Å². The Bertz CT molecular complexity index is 1140. The summed E-state index contributed by atoms with van der Waals surface area (Å²) in [6.07, 6.45) is -0.680. The highest BCUT2D eigenvalue weighted by atomic mass is 16.6. The first-order valence-corrected chi connectivity index (χ1v) is 8.54. The number of non-ortho nitro benzene ring substituents is 1. The molecule has 138 valence electrons. The molecule has 1 unspecified atom stereocenters. The fraction of sp³-hybridized carbons (Fsp3) is 0.0500. The number of benzene rings is 3. The molecule has 0 spiro atoms. The van der Waals surface area contributed by atoms with E-state index in [0.29, 0.717) is 16.6 Å². The highest BCUT2D eigenvalue weighted by Gasteiger charge is 2.21. The number of nitro groups is 1. The molecule has 0 aliphatic rings. The summed E-state index contributed by atoms with van der Waals surface area (Å²) in [6.45, 7) is 0. The zero-order valence-corrected chi connectivity index (χ0v) is 14.6. The van der Waals surface area contributed by atoms with Crippen molar-refractivity contribution in [3.63, 3.8) is 0 Å². The number of fused-ring (bicyclic) bond motifs is 1. The minimum Gasteiger partial charge on any atom is -0.326 e. The van der Waals surface area contributed by atoms with Gasteiger partial charge in [0.1, 0.15) is 5.52 Å². The quantitative estimate of drug-likeness (QED) is 0.427. The van der Waals surface area contributed by atoms with Crippen LogP contribution >= 0.6 is 0 Å². The van der Waals surface area contributed by atoms with E-state index in [0.717, 1.165) is 5.52 Å². The van der Waals surface area contributed by atoms with Gasteiger partial charge in [-0.1, -0.05) is 35.5 Å². The molecule has 28 heavy (non-hydrogen) atoms. The van der Waals surface area contributed by atoms with Crippen molar-refractivity contribution in [2.45, 2.75) is 6.17 Å². The number of nitrogens with zero attached hydrogens (tertiary/aromatic N) is 4. The number of para-hydroxylation sites is 1. The van der Waals surface area contributed by atoms with Crippen LogP contribution in [0.1, 0.15) is 22.1 Å². The van der Waals surface area contributed by atoms with Crippen molar-refractivity contribution in [2.75, 3.05) is 0 Å². The number of nitrogens with one attached hydrogen (secondary N) is 1. The molecular formula is C20H15N5O3. The van der Waals surface area contributed by atoms with Crippen molar-refractivity contribution in [1.29, 1.82) is 0 Å². The monoisotopic (exact) mass is 373 g/mol. The molecule has 0 saturated carbocycles. The van der Waals surface area contributed by atoms with Crippen LogP contribution in [0.3, 0.4) is 0 Å². The number of hydrogen-bond acceptors (Lipinski definition) is 5. The molecule has 1 heterocycles. The SMILES string of the molecule is O=C(NC(c1ccc([N+](=O)[O-])cc1)n1nnc2ccccc21)c1ccccc1. The molecule has 0 fully saturated rings. The Balaban J connectivity index is 1.76. The second kappa shape index (κ2) is 7.28. The Morgan fingerprint density at radius 1 is 0.964 bits per heavy atom. The van der Waals surface area contributed by atoms with Crippen molar-refractivity contribution < 1.29 is 9.72 Å². The zero-order chi connectivity index (χ0) is 19.5. The van der Waals surface area contributed by atoms with Crippen molar-refractivity contribution in [3.8, 4) is 0 Å². The molecule has 4 rings (SSSR count). The van der Waals surface area contributed by atoms with Gasteiger partial charge >= 0.3 is 0 Å². The maximum atomic E-state index is 12.8. The average molecular weight is 373 g/mol. The Hall–Kier alpha value is -4.07. The van der Waals surface area contributed by atoms with E-state index in [9.17, 15) is 14.9 Å². The predicted molar refractivity (Wildman–Crippen MR) is 103 cm³/mol. The Labute approximate surface area is 159 Å². The largest absolute Gasteiger partial charge is 0.326 e. The van der Waals surface area contributed by atoms with Gasteiger partial charge in [-0.05, 0) is 42.0 Å². The predicted octanol–water partition coefficient (Wildman–Crippen LogP) is 3.32. The molecule has 1 aromatic heterocycles. The van der Waals surface area contributed by atoms with Gasteiger partial charge in [-0.3, -0.25) is 14.9 Å². The highest BCUT2D eigenvalue weighted by Crippen LogP contribution is 2.23. The van der Waals surface area contributed by atoms with Gasteiger partial charge in [0, 0.05) is 17.7 Å². The lowest BCUT2D eigenvalue weighted by molar-refractivity contribution is -0.384. The van der Waals surface area contributed by atoms with E-state index in [1.54, 1.807) is 41.1 Å². The first-order chi connectivity index (χ1) is 13.6. The molecule has 1 N–H and O–H groups in total. The number of nitro benzene ring substituents is 1. The number of amides is 1. The van der Waals surface area contributed by atoms with Gasteiger partial charge in [-0.2, -0.15) is 0 Å². The molecule has 8 nitrogen and oxygen atoms in total. The van der Waals surface area contributed by atoms with Gasteiger partial charge in [-0.15, -0.1) is 5.10 Å². The maximum absolute atomic E-state index is 12.8. The molecule has 3 aromatic carbocycles. The second-order valence-electron chi connectivity index (χ2n) is 6.11. The van der Waals surface area contributed by atoms with Crippen LogP contribution in [0.5, 0.6) is 0 Å². The van der Waals surface area contributed by atoms with Gasteiger partial charge in [0.15, 0.2) is 6.17 Å². The molecule has 1 amide bonds. The molecule has 0 aliphatic heterocycles. The molecular weight excluding hydrogens is 358 g/mol. The number of carbonyl (C=O) groups is 1. The summed E-state index contributed by atoms with van der Waals surface area (Å²) in [6, 6.07) is 22.2.